The second-order valence-corrected chi connectivity index (χ2v) is 6.17. The predicted octanol–water partition coefficient (Wildman–Crippen LogP) is 3.42. The van der Waals surface area contributed by atoms with E-state index in [4.69, 9.17) is 0 Å². The molecule has 1 aliphatic heterocycles. The van der Waals surface area contributed by atoms with Gasteiger partial charge >= 0.3 is 0 Å². The van der Waals surface area contributed by atoms with Crippen LogP contribution in [0.5, 0.6) is 0 Å². The molecule has 2 nitrogen and oxygen atoms in total. The molecule has 2 atom stereocenters. The van der Waals surface area contributed by atoms with E-state index in [9.17, 15) is 0 Å². The van der Waals surface area contributed by atoms with Gasteiger partial charge in [-0.05, 0) is 33.1 Å². The summed E-state index contributed by atoms with van der Waals surface area (Å²) in [5, 5.41) is 3.72. The van der Waals surface area contributed by atoms with Gasteiger partial charge in [0.1, 0.15) is 0 Å². The molecule has 0 saturated carbocycles. The van der Waals surface area contributed by atoms with Gasteiger partial charge in [-0.2, -0.15) is 0 Å². The van der Waals surface area contributed by atoms with Crippen LogP contribution in [0.2, 0.25) is 0 Å². The summed E-state index contributed by atoms with van der Waals surface area (Å²) in [4.78, 5) is 2.77. The first-order valence-electron chi connectivity index (χ1n) is 7.55. The Kier molecular flexibility index (Phi) is 5.94. The lowest BCUT2D eigenvalue weighted by molar-refractivity contribution is 0.0215. The molecule has 0 bridgehead atoms. The van der Waals surface area contributed by atoms with Crippen molar-refractivity contribution in [3.63, 3.8) is 0 Å². The minimum Gasteiger partial charge on any atom is -0.311 e. The van der Waals surface area contributed by atoms with Gasteiger partial charge in [0.05, 0.1) is 0 Å². The van der Waals surface area contributed by atoms with E-state index in [1.54, 1.807) is 0 Å². The van der Waals surface area contributed by atoms with Crippen LogP contribution in [0.1, 0.15) is 66.7 Å². The van der Waals surface area contributed by atoms with Crippen LogP contribution in [0.4, 0.5) is 0 Å². The molecular formula is C15H32N2. The van der Waals surface area contributed by atoms with Gasteiger partial charge in [0.15, 0.2) is 0 Å². The summed E-state index contributed by atoms with van der Waals surface area (Å²) >= 11 is 0. The molecule has 1 fully saturated rings. The molecule has 0 aromatic rings. The summed E-state index contributed by atoms with van der Waals surface area (Å²) in [6, 6.07) is 1.43. The zero-order valence-electron chi connectivity index (χ0n) is 12.6. The largest absolute Gasteiger partial charge is 0.311 e. The fraction of sp³-hybridized carbons (Fsp3) is 1.00. The van der Waals surface area contributed by atoms with Crippen molar-refractivity contribution in [1.82, 2.24) is 10.2 Å². The minimum atomic E-state index is 0.365. The minimum absolute atomic E-state index is 0.365. The van der Waals surface area contributed by atoms with Crippen LogP contribution in [0.15, 0.2) is 0 Å². The molecule has 102 valence electrons. The summed E-state index contributed by atoms with van der Waals surface area (Å²) in [7, 11) is 0. The van der Waals surface area contributed by atoms with Gasteiger partial charge in [-0.3, -0.25) is 4.90 Å². The van der Waals surface area contributed by atoms with Crippen molar-refractivity contribution in [2.75, 3.05) is 13.1 Å². The second-order valence-electron chi connectivity index (χ2n) is 6.17. The Morgan fingerprint density at radius 2 is 1.88 bits per heavy atom. The maximum Gasteiger partial charge on any atom is 0.0224 e. The molecule has 1 aliphatic rings. The fourth-order valence-electron chi connectivity index (χ4n) is 3.27. The molecule has 0 radical (unpaired) electrons. The van der Waals surface area contributed by atoms with Crippen LogP contribution in [-0.4, -0.2) is 35.6 Å². The molecule has 1 rings (SSSR count). The number of rotatable bonds is 6. The van der Waals surface area contributed by atoms with Gasteiger partial charge < -0.3 is 5.32 Å². The summed E-state index contributed by atoms with van der Waals surface area (Å²) in [5.41, 5.74) is 0.365. The number of nitrogens with zero attached hydrogens (tertiary/aromatic N) is 1. The highest BCUT2D eigenvalue weighted by Gasteiger charge is 2.35. The van der Waals surface area contributed by atoms with E-state index in [1.807, 2.05) is 0 Å². The zero-order valence-corrected chi connectivity index (χ0v) is 12.6. The molecule has 0 aliphatic carbocycles. The lowest BCUT2D eigenvalue weighted by Gasteiger charge is -2.49. The third-order valence-electron chi connectivity index (χ3n) is 4.25. The van der Waals surface area contributed by atoms with Gasteiger partial charge in [0, 0.05) is 30.7 Å². The average molecular weight is 240 g/mol. The molecular weight excluding hydrogens is 208 g/mol. The van der Waals surface area contributed by atoms with E-state index in [0.29, 0.717) is 11.6 Å². The van der Waals surface area contributed by atoms with Gasteiger partial charge in [-0.25, -0.2) is 0 Å². The van der Waals surface area contributed by atoms with Crippen molar-refractivity contribution in [2.45, 2.75) is 84.3 Å². The van der Waals surface area contributed by atoms with Crippen molar-refractivity contribution < 1.29 is 0 Å². The topological polar surface area (TPSA) is 15.3 Å². The lowest BCUT2D eigenvalue weighted by Crippen LogP contribution is -2.62. The lowest BCUT2D eigenvalue weighted by atomic mass is 9.90. The smallest absolute Gasteiger partial charge is 0.0224 e. The number of hydrogen-bond acceptors (Lipinski definition) is 2. The van der Waals surface area contributed by atoms with Crippen LogP contribution in [0.3, 0.4) is 0 Å². The van der Waals surface area contributed by atoms with E-state index in [0.717, 1.165) is 6.04 Å². The van der Waals surface area contributed by atoms with E-state index in [-0.39, 0.29) is 0 Å². The highest BCUT2D eigenvalue weighted by Crippen LogP contribution is 2.27. The summed E-state index contributed by atoms with van der Waals surface area (Å²) in [6.07, 6.45) is 6.46. The monoisotopic (exact) mass is 240 g/mol. The molecule has 2 unspecified atom stereocenters. The van der Waals surface area contributed by atoms with Crippen LogP contribution < -0.4 is 5.32 Å². The van der Waals surface area contributed by atoms with E-state index < -0.39 is 0 Å². The fourth-order valence-corrected chi connectivity index (χ4v) is 3.27. The maximum absolute atomic E-state index is 3.72. The standard InChI is InChI=1S/C15H32N2/c1-6-9-13-12-17(14(8-3)11-16-13)15(4,5)10-7-2/h13-14,16H,6-12H2,1-5H3. The number of nitrogens with one attached hydrogen (secondary N) is 1. The number of piperazine rings is 1. The highest BCUT2D eigenvalue weighted by molar-refractivity contribution is 4.93. The van der Waals surface area contributed by atoms with Crippen molar-refractivity contribution in [1.29, 1.82) is 0 Å². The Morgan fingerprint density at radius 3 is 2.41 bits per heavy atom. The van der Waals surface area contributed by atoms with Crippen molar-refractivity contribution in [3.8, 4) is 0 Å². The van der Waals surface area contributed by atoms with Gasteiger partial charge in [-0.15, -0.1) is 0 Å². The Morgan fingerprint density at radius 1 is 1.18 bits per heavy atom. The van der Waals surface area contributed by atoms with Crippen molar-refractivity contribution in [3.05, 3.63) is 0 Å². The van der Waals surface area contributed by atoms with Crippen LogP contribution in [-0.2, 0) is 0 Å². The Hall–Kier alpha value is -0.0800. The summed E-state index contributed by atoms with van der Waals surface area (Å²) in [6.45, 7) is 14.2. The molecule has 1 saturated heterocycles. The maximum atomic E-state index is 3.72. The zero-order chi connectivity index (χ0) is 12.9. The van der Waals surface area contributed by atoms with Crippen molar-refractivity contribution >= 4 is 0 Å². The second kappa shape index (κ2) is 6.75. The molecule has 0 aromatic heterocycles. The first kappa shape index (κ1) is 15.0. The molecule has 2 heteroatoms. The Labute approximate surface area is 108 Å². The van der Waals surface area contributed by atoms with Crippen molar-refractivity contribution in [2.24, 2.45) is 0 Å². The molecule has 17 heavy (non-hydrogen) atoms. The SMILES string of the molecule is CCCC1CN(C(C)(C)CCC)C(CC)CN1. The summed E-state index contributed by atoms with van der Waals surface area (Å²) < 4.78 is 0. The first-order chi connectivity index (χ1) is 8.05. The molecule has 0 aromatic carbocycles. The quantitative estimate of drug-likeness (QED) is 0.765. The molecule has 0 spiro atoms. The van der Waals surface area contributed by atoms with Gasteiger partial charge in [0.25, 0.3) is 0 Å². The Bertz CT molecular complexity index is 213. The van der Waals surface area contributed by atoms with Gasteiger partial charge in [0.2, 0.25) is 0 Å². The molecule has 1 N–H and O–H groups in total. The molecule has 0 amide bonds. The third kappa shape index (κ3) is 3.96. The van der Waals surface area contributed by atoms with Crippen LogP contribution in [0.25, 0.3) is 0 Å². The van der Waals surface area contributed by atoms with Crippen LogP contribution in [0, 0.1) is 0 Å². The third-order valence-corrected chi connectivity index (χ3v) is 4.25. The van der Waals surface area contributed by atoms with Gasteiger partial charge in [-0.1, -0.05) is 33.6 Å². The van der Waals surface area contributed by atoms with E-state index in [2.05, 4.69) is 44.8 Å². The normalized spacial score (nSPS) is 27.4. The predicted molar refractivity (Wildman–Crippen MR) is 76.5 cm³/mol. The Balaban J connectivity index is 2.68. The highest BCUT2D eigenvalue weighted by atomic mass is 15.3. The summed E-state index contributed by atoms with van der Waals surface area (Å²) in [5.74, 6) is 0. The van der Waals surface area contributed by atoms with E-state index >= 15 is 0 Å². The average Bonchev–Trinajstić information content (AvgIpc) is 2.29. The number of hydrogen-bond donors (Lipinski definition) is 1. The first-order valence-corrected chi connectivity index (χ1v) is 7.55. The van der Waals surface area contributed by atoms with E-state index in [1.165, 1.54) is 45.2 Å². The van der Waals surface area contributed by atoms with Crippen LogP contribution >= 0.6 is 0 Å². The molecule has 1 heterocycles.